The Hall–Kier alpha value is -2.21. The van der Waals surface area contributed by atoms with Crippen molar-refractivity contribution in [3.63, 3.8) is 0 Å². The van der Waals surface area contributed by atoms with Gasteiger partial charge in [0.05, 0.1) is 17.3 Å². The lowest BCUT2D eigenvalue weighted by atomic mass is 10.2. The average molecular weight is 299 g/mol. The van der Waals surface area contributed by atoms with E-state index in [-0.39, 0.29) is 0 Å². The maximum atomic E-state index is 4.40. The van der Waals surface area contributed by atoms with Crippen LogP contribution >= 0.6 is 11.3 Å². The van der Waals surface area contributed by atoms with Crippen molar-refractivity contribution in [3.8, 4) is 0 Å². The van der Waals surface area contributed by atoms with E-state index < -0.39 is 0 Å². The lowest BCUT2D eigenvalue weighted by Crippen LogP contribution is -2.10. The van der Waals surface area contributed by atoms with Crippen molar-refractivity contribution < 1.29 is 0 Å². The summed E-state index contributed by atoms with van der Waals surface area (Å²) in [5, 5.41) is 4.44. The van der Waals surface area contributed by atoms with Crippen molar-refractivity contribution in [2.45, 2.75) is 13.8 Å². The molecule has 0 saturated carbocycles. The third kappa shape index (κ3) is 2.54. The van der Waals surface area contributed by atoms with Gasteiger partial charge in [0, 0.05) is 19.0 Å². The second-order valence-corrected chi connectivity index (χ2v) is 6.31. The second-order valence-electron chi connectivity index (χ2n) is 5.11. The molecule has 3 heterocycles. The van der Waals surface area contributed by atoms with E-state index in [9.17, 15) is 0 Å². The van der Waals surface area contributed by atoms with E-state index in [1.54, 1.807) is 17.7 Å². The number of hydrogen-bond acceptors (Lipinski definition) is 6. The number of hydrogen-bond donors (Lipinski definition) is 1. The van der Waals surface area contributed by atoms with Crippen molar-refractivity contribution in [2.75, 3.05) is 24.3 Å². The first-order valence-corrected chi connectivity index (χ1v) is 7.49. The van der Waals surface area contributed by atoms with Crippen molar-refractivity contribution >= 4 is 38.9 Å². The van der Waals surface area contributed by atoms with Crippen molar-refractivity contribution in [2.24, 2.45) is 0 Å². The minimum absolute atomic E-state index is 0.834. The van der Waals surface area contributed by atoms with E-state index in [2.05, 4.69) is 34.1 Å². The van der Waals surface area contributed by atoms with E-state index in [0.29, 0.717) is 0 Å². The van der Waals surface area contributed by atoms with Crippen LogP contribution in [0.4, 0.5) is 17.3 Å². The summed E-state index contributed by atoms with van der Waals surface area (Å²) >= 11 is 1.70. The van der Waals surface area contributed by atoms with E-state index in [0.717, 1.165) is 27.5 Å². The first kappa shape index (κ1) is 13.8. The second kappa shape index (κ2) is 5.29. The number of fused-ring (bicyclic) bond motifs is 1. The molecule has 1 N–H and O–H groups in total. The van der Waals surface area contributed by atoms with Crippen molar-refractivity contribution in [1.29, 1.82) is 0 Å². The van der Waals surface area contributed by atoms with Crippen LogP contribution in [0.5, 0.6) is 0 Å². The number of pyridine rings is 1. The summed E-state index contributed by atoms with van der Waals surface area (Å²) in [6.07, 6.45) is 3.42. The number of aromatic nitrogens is 3. The number of nitrogens with one attached hydrogen (secondary N) is 1. The van der Waals surface area contributed by atoms with Crippen LogP contribution in [0.2, 0.25) is 0 Å². The Balaban J connectivity index is 1.98. The Morgan fingerprint density at radius 2 is 1.90 bits per heavy atom. The third-order valence-corrected chi connectivity index (χ3v) is 4.55. The van der Waals surface area contributed by atoms with Crippen LogP contribution in [0.3, 0.4) is 0 Å². The third-order valence-electron chi connectivity index (χ3n) is 3.43. The summed E-state index contributed by atoms with van der Waals surface area (Å²) in [5.74, 6) is 1.76. The number of anilines is 3. The van der Waals surface area contributed by atoms with Crippen LogP contribution in [-0.4, -0.2) is 29.0 Å². The molecule has 3 aromatic rings. The Morgan fingerprint density at radius 3 is 2.57 bits per heavy atom. The molecule has 0 fully saturated rings. The minimum Gasteiger partial charge on any atom is -0.363 e. The van der Waals surface area contributed by atoms with E-state index in [4.69, 9.17) is 0 Å². The highest BCUT2D eigenvalue weighted by molar-refractivity contribution is 7.18. The van der Waals surface area contributed by atoms with Gasteiger partial charge in [0.1, 0.15) is 22.8 Å². The minimum atomic E-state index is 0.834. The molecule has 0 radical (unpaired) electrons. The van der Waals surface area contributed by atoms with Gasteiger partial charge in [0.15, 0.2) is 0 Å². The number of aryl methyl sites for hydroxylation is 2. The molecular weight excluding hydrogens is 282 g/mol. The van der Waals surface area contributed by atoms with E-state index in [1.165, 1.54) is 10.4 Å². The summed E-state index contributed by atoms with van der Waals surface area (Å²) in [4.78, 5) is 17.4. The molecule has 21 heavy (non-hydrogen) atoms. The van der Waals surface area contributed by atoms with Crippen LogP contribution in [0.25, 0.3) is 10.2 Å². The summed E-state index contributed by atoms with van der Waals surface area (Å²) in [5.41, 5.74) is 2.15. The molecule has 0 aliphatic heterocycles. The lowest BCUT2D eigenvalue weighted by Gasteiger charge is -2.12. The van der Waals surface area contributed by atoms with Gasteiger partial charge in [-0.3, -0.25) is 0 Å². The van der Waals surface area contributed by atoms with Gasteiger partial charge in [-0.2, -0.15) is 0 Å². The van der Waals surface area contributed by atoms with Gasteiger partial charge in [-0.15, -0.1) is 11.3 Å². The highest BCUT2D eigenvalue weighted by Gasteiger charge is 2.12. The number of thiophene rings is 1. The topological polar surface area (TPSA) is 53.9 Å². The Morgan fingerprint density at radius 1 is 1.10 bits per heavy atom. The zero-order valence-corrected chi connectivity index (χ0v) is 13.3. The molecule has 0 saturated heterocycles. The molecular formula is C15H17N5S. The van der Waals surface area contributed by atoms with Gasteiger partial charge in [-0.25, -0.2) is 15.0 Å². The van der Waals surface area contributed by atoms with Gasteiger partial charge in [0.2, 0.25) is 0 Å². The smallest absolute Gasteiger partial charge is 0.142 e. The zero-order valence-electron chi connectivity index (χ0n) is 12.5. The molecule has 0 amide bonds. The first-order chi connectivity index (χ1) is 10.1. The molecule has 0 bridgehead atoms. The molecule has 6 heteroatoms. The quantitative estimate of drug-likeness (QED) is 0.802. The van der Waals surface area contributed by atoms with Crippen LogP contribution in [-0.2, 0) is 0 Å². The SMILES string of the molecule is Cc1sc2ncnc(Nc3ccc(N(C)C)nc3)c2c1C. The maximum absolute atomic E-state index is 4.40. The Labute approximate surface area is 127 Å². The van der Waals surface area contributed by atoms with Gasteiger partial charge >= 0.3 is 0 Å². The van der Waals surface area contributed by atoms with Crippen molar-refractivity contribution in [3.05, 3.63) is 35.1 Å². The molecule has 0 unspecified atom stereocenters. The molecule has 0 aliphatic rings. The van der Waals surface area contributed by atoms with E-state index >= 15 is 0 Å². The van der Waals surface area contributed by atoms with E-state index in [1.807, 2.05) is 37.3 Å². The molecule has 3 rings (SSSR count). The average Bonchev–Trinajstić information content (AvgIpc) is 2.76. The maximum Gasteiger partial charge on any atom is 0.142 e. The highest BCUT2D eigenvalue weighted by atomic mass is 32.1. The number of rotatable bonds is 3. The van der Waals surface area contributed by atoms with Crippen LogP contribution in [0.1, 0.15) is 10.4 Å². The van der Waals surface area contributed by atoms with Gasteiger partial charge < -0.3 is 10.2 Å². The fraction of sp³-hybridized carbons (Fsp3) is 0.267. The zero-order chi connectivity index (χ0) is 15.0. The molecule has 0 spiro atoms. The number of nitrogens with zero attached hydrogens (tertiary/aromatic N) is 4. The van der Waals surface area contributed by atoms with Crippen LogP contribution in [0, 0.1) is 13.8 Å². The predicted octanol–water partition coefficient (Wildman–Crippen LogP) is 3.51. The predicted molar refractivity (Wildman–Crippen MR) is 88.7 cm³/mol. The Bertz CT molecular complexity index is 777. The van der Waals surface area contributed by atoms with Gasteiger partial charge in [-0.05, 0) is 31.5 Å². The fourth-order valence-corrected chi connectivity index (χ4v) is 3.14. The normalized spacial score (nSPS) is 10.9. The highest BCUT2D eigenvalue weighted by Crippen LogP contribution is 2.33. The standard InChI is InChI=1S/C15H17N5S/c1-9-10(2)21-15-13(9)14(17-8-18-15)19-11-5-6-12(16-7-11)20(3)4/h5-8H,1-4H3,(H,17,18,19). The first-order valence-electron chi connectivity index (χ1n) is 6.67. The molecule has 0 aliphatic carbocycles. The molecule has 0 aromatic carbocycles. The Kier molecular flexibility index (Phi) is 3.47. The lowest BCUT2D eigenvalue weighted by molar-refractivity contribution is 1.07. The fourth-order valence-electron chi connectivity index (χ4n) is 2.14. The van der Waals surface area contributed by atoms with Crippen molar-refractivity contribution in [1.82, 2.24) is 15.0 Å². The summed E-state index contributed by atoms with van der Waals surface area (Å²) in [7, 11) is 3.95. The summed E-state index contributed by atoms with van der Waals surface area (Å²) in [6, 6.07) is 3.98. The molecule has 5 nitrogen and oxygen atoms in total. The largest absolute Gasteiger partial charge is 0.363 e. The van der Waals surface area contributed by atoms with Gasteiger partial charge in [-0.1, -0.05) is 0 Å². The van der Waals surface area contributed by atoms with Gasteiger partial charge in [0.25, 0.3) is 0 Å². The summed E-state index contributed by atoms with van der Waals surface area (Å²) in [6.45, 7) is 4.22. The molecule has 3 aromatic heterocycles. The monoisotopic (exact) mass is 299 g/mol. The molecule has 108 valence electrons. The van der Waals surface area contributed by atoms with Crippen LogP contribution < -0.4 is 10.2 Å². The van der Waals surface area contributed by atoms with Crippen LogP contribution in [0.15, 0.2) is 24.7 Å². The molecule has 0 atom stereocenters. The summed E-state index contributed by atoms with van der Waals surface area (Å²) < 4.78 is 0.